The number of nitrogens with one attached hydrogen (secondary N) is 2. The molecule has 0 bridgehead atoms. The van der Waals surface area contributed by atoms with Gasteiger partial charge in [-0.3, -0.25) is 0 Å². The molecule has 118 valence electrons. The Bertz CT molecular complexity index is 463. The monoisotopic (exact) mass is 293 g/mol. The lowest BCUT2D eigenvalue weighted by Gasteiger charge is -2.23. The number of carbonyl (C=O) groups excluding carboxylic acids is 1. The number of methoxy groups -OCH3 is 1. The highest BCUT2D eigenvalue weighted by Gasteiger charge is 2.08. The molecule has 5 nitrogen and oxygen atoms in total. The van der Waals surface area contributed by atoms with E-state index in [4.69, 9.17) is 4.74 Å². The van der Waals surface area contributed by atoms with Gasteiger partial charge in [-0.2, -0.15) is 0 Å². The molecule has 0 aliphatic rings. The van der Waals surface area contributed by atoms with Crippen LogP contribution < -0.4 is 15.4 Å². The number of benzene rings is 1. The summed E-state index contributed by atoms with van der Waals surface area (Å²) >= 11 is 0. The molecular formula is C16H27N3O2. The molecule has 0 radical (unpaired) electrons. The van der Waals surface area contributed by atoms with Crippen molar-refractivity contribution < 1.29 is 9.53 Å². The maximum atomic E-state index is 11.9. The number of amides is 2. The van der Waals surface area contributed by atoms with Gasteiger partial charge in [-0.25, -0.2) is 4.79 Å². The van der Waals surface area contributed by atoms with E-state index in [0.29, 0.717) is 12.6 Å². The van der Waals surface area contributed by atoms with Crippen molar-refractivity contribution in [1.29, 1.82) is 0 Å². The molecule has 0 saturated heterocycles. The van der Waals surface area contributed by atoms with Gasteiger partial charge in [-0.05, 0) is 51.1 Å². The quantitative estimate of drug-likeness (QED) is 0.813. The second kappa shape index (κ2) is 8.52. The number of hydrogen-bond acceptors (Lipinski definition) is 3. The van der Waals surface area contributed by atoms with Crippen LogP contribution in [0.15, 0.2) is 18.2 Å². The fraction of sp³-hybridized carbons (Fsp3) is 0.562. The summed E-state index contributed by atoms with van der Waals surface area (Å²) in [6.45, 7) is 7.75. The van der Waals surface area contributed by atoms with Crippen LogP contribution >= 0.6 is 0 Å². The number of aryl methyl sites for hydroxylation is 1. The zero-order chi connectivity index (χ0) is 15.8. The lowest BCUT2D eigenvalue weighted by atomic mass is 10.2. The van der Waals surface area contributed by atoms with Crippen molar-refractivity contribution in [1.82, 2.24) is 10.2 Å². The first-order valence-electron chi connectivity index (χ1n) is 7.37. The first-order chi connectivity index (χ1) is 9.97. The van der Waals surface area contributed by atoms with E-state index in [1.807, 2.05) is 25.1 Å². The largest absolute Gasteiger partial charge is 0.497 e. The predicted molar refractivity (Wildman–Crippen MR) is 87.1 cm³/mol. The van der Waals surface area contributed by atoms with Crippen molar-refractivity contribution in [2.45, 2.75) is 33.2 Å². The smallest absolute Gasteiger partial charge is 0.319 e. The molecule has 0 aliphatic heterocycles. The molecule has 2 N–H and O–H groups in total. The van der Waals surface area contributed by atoms with Gasteiger partial charge in [-0.1, -0.05) is 6.92 Å². The number of carbonyl (C=O) groups is 1. The zero-order valence-electron chi connectivity index (χ0n) is 13.7. The number of ether oxygens (including phenoxy) is 1. The Kier molecular flexibility index (Phi) is 7.02. The Balaban J connectivity index is 2.40. The third-order valence-electron chi connectivity index (χ3n) is 3.78. The fourth-order valence-electron chi connectivity index (χ4n) is 1.95. The van der Waals surface area contributed by atoms with E-state index in [1.165, 1.54) is 0 Å². The maximum absolute atomic E-state index is 11.9. The van der Waals surface area contributed by atoms with Gasteiger partial charge in [0.25, 0.3) is 0 Å². The summed E-state index contributed by atoms with van der Waals surface area (Å²) < 4.78 is 5.15. The summed E-state index contributed by atoms with van der Waals surface area (Å²) in [5, 5.41) is 5.73. The summed E-state index contributed by atoms with van der Waals surface area (Å²) in [7, 11) is 3.70. The molecule has 1 aromatic carbocycles. The summed E-state index contributed by atoms with van der Waals surface area (Å²) in [4.78, 5) is 14.1. The average molecular weight is 293 g/mol. The molecule has 0 fully saturated rings. The van der Waals surface area contributed by atoms with E-state index in [-0.39, 0.29) is 6.03 Å². The van der Waals surface area contributed by atoms with Crippen molar-refractivity contribution in [2.75, 3.05) is 32.6 Å². The molecule has 0 heterocycles. The van der Waals surface area contributed by atoms with Crippen LogP contribution in [0.2, 0.25) is 0 Å². The van der Waals surface area contributed by atoms with Crippen LogP contribution in [0.1, 0.15) is 25.8 Å². The fourth-order valence-corrected chi connectivity index (χ4v) is 1.95. The summed E-state index contributed by atoms with van der Waals surface area (Å²) in [6, 6.07) is 5.92. The number of rotatable bonds is 7. The van der Waals surface area contributed by atoms with E-state index in [2.05, 4.69) is 36.4 Å². The molecule has 5 heteroatoms. The lowest BCUT2D eigenvalue weighted by molar-refractivity contribution is 0.238. The lowest BCUT2D eigenvalue weighted by Crippen LogP contribution is -2.38. The zero-order valence-corrected chi connectivity index (χ0v) is 13.7. The van der Waals surface area contributed by atoms with Crippen LogP contribution in [-0.2, 0) is 0 Å². The van der Waals surface area contributed by atoms with E-state index >= 15 is 0 Å². The third kappa shape index (κ3) is 5.63. The van der Waals surface area contributed by atoms with Crippen LogP contribution in [-0.4, -0.2) is 44.2 Å². The van der Waals surface area contributed by atoms with Gasteiger partial charge >= 0.3 is 6.03 Å². The second-order valence-electron chi connectivity index (χ2n) is 5.30. The van der Waals surface area contributed by atoms with Crippen molar-refractivity contribution in [3.8, 4) is 5.75 Å². The van der Waals surface area contributed by atoms with Crippen molar-refractivity contribution >= 4 is 11.7 Å². The predicted octanol–water partition coefficient (Wildman–Crippen LogP) is 2.86. The molecule has 0 aliphatic carbocycles. The van der Waals surface area contributed by atoms with Crippen molar-refractivity contribution in [2.24, 2.45) is 0 Å². The van der Waals surface area contributed by atoms with E-state index in [9.17, 15) is 4.79 Å². The summed E-state index contributed by atoms with van der Waals surface area (Å²) in [5.74, 6) is 0.786. The molecule has 0 unspecified atom stereocenters. The van der Waals surface area contributed by atoms with Gasteiger partial charge in [-0.15, -0.1) is 0 Å². The molecule has 1 rings (SSSR count). The first-order valence-corrected chi connectivity index (χ1v) is 7.37. The Morgan fingerprint density at radius 1 is 1.43 bits per heavy atom. The Morgan fingerprint density at radius 2 is 2.14 bits per heavy atom. The van der Waals surface area contributed by atoms with Crippen molar-refractivity contribution in [3.05, 3.63) is 23.8 Å². The van der Waals surface area contributed by atoms with Crippen LogP contribution in [0.25, 0.3) is 0 Å². The van der Waals surface area contributed by atoms with E-state index < -0.39 is 0 Å². The number of likely N-dealkylation sites (N-methyl/N-ethyl adjacent to an activating group) is 1. The van der Waals surface area contributed by atoms with Crippen molar-refractivity contribution in [3.63, 3.8) is 0 Å². The molecule has 21 heavy (non-hydrogen) atoms. The maximum Gasteiger partial charge on any atom is 0.319 e. The Labute approximate surface area is 127 Å². The Hall–Kier alpha value is -1.75. The van der Waals surface area contributed by atoms with Crippen LogP contribution in [0.4, 0.5) is 10.5 Å². The number of nitrogens with zero attached hydrogens (tertiary/aromatic N) is 1. The highest BCUT2D eigenvalue weighted by atomic mass is 16.5. The number of anilines is 1. The van der Waals surface area contributed by atoms with Crippen LogP contribution in [0.3, 0.4) is 0 Å². The molecule has 0 aromatic heterocycles. The van der Waals surface area contributed by atoms with Gasteiger partial charge in [0.15, 0.2) is 0 Å². The third-order valence-corrected chi connectivity index (χ3v) is 3.78. The first kappa shape index (κ1) is 17.3. The summed E-state index contributed by atoms with van der Waals surface area (Å²) in [6.07, 6.45) is 1.10. The van der Waals surface area contributed by atoms with Gasteiger partial charge in [0.1, 0.15) is 5.75 Å². The highest BCUT2D eigenvalue weighted by Crippen LogP contribution is 2.20. The standard InChI is InChI=1S/C16H27N3O2/c1-6-13(3)19(4)10-9-17-16(20)18-15-8-7-14(21-5)11-12(15)2/h7-8,11,13H,6,9-10H2,1-5H3,(H2,17,18,20)/t13-/m0/s1. The minimum absolute atomic E-state index is 0.180. The molecule has 1 atom stereocenters. The molecule has 2 amide bonds. The van der Waals surface area contributed by atoms with Gasteiger partial charge < -0.3 is 20.3 Å². The second-order valence-corrected chi connectivity index (χ2v) is 5.30. The normalized spacial score (nSPS) is 12.1. The van der Waals surface area contributed by atoms with Gasteiger partial charge in [0, 0.05) is 24.8 Å². The number of hydrogen-bond donors (Lipinski definition) is 2. The average Bonchev–Trinajstić information content (AvgIpc) is 2.48. The number of urea groups is 1. The van der Waals surface area contributed by atoms with E-state index in [0.717, 1.165) is 30.0 Å². The Morgan fingerprint density at radius 3 is 2.71 bits per heavy atom. The SMILES string of the molecule is CC[C@H](C)N(C)CCNC(=O)Nc1ccc(OC)cc1C. The van der Waals surface area contributed by atoms with Gasteiger partial charge in [0.2, 0.25) is 0 Å². The minimum Gasteiger partial charge on any atom is -0.497 e. The summed E-state index contributed by atoms with van der Waals surface area (Å²) in [5.41, 5.74) is 1.77. The highest BCUT2D eigenvalue weighted by molar-refractivity contribution is 5.90. The van der Waals surface area contributed by atoms with E-state index in [1.54, 1.807) is 7.11 Å². The van der Waals surface area contributed by atoms with Crippen LogP contribution in [0, 0.1) is 6.92 Å². The van der Waals surface area contributed by atoms with Crippen LogP contribution in [0.5, 0.6) is 5.75 Å². The topological polar surface area (TPSA) is 53.6 Å². The van der Waals surface area contributed by atoms with Gasteiger partial charge in [0.05, 0.1) is 7.11 Å². The molecule has 1 aromatic rings. The molecule has 0 spiro atoms. The molecular weight excluding hydrogens is 266 g/mol. The minimum atomic E-state index is -0.180. The molecule has 0 saturated carbocycles.